The third-order valence-electron chi connectivity index (χ3n) is 2.44. The van der Waals surface area contributed by atoms with Crippen molar-refractivity contribution in [2.24, 2.45) is 5.73 Å². The fourth-order valence-corrected chi connectivity index (χ4v) is 1.49. The van der Waals surface area contributed by atoms with Gasteiger partial charge in [-0.2, -0.15) is 0 Å². The first-order chi connectivity index (χ1) is 9.60. The molecule has 2 amide bonds. The van der Waals surface area contributed by atoms with Gasteiger partial charge in [0.15, 0.2) is 0 Å². The molecule has 20 heavy (non-hydrogen) atoms. The Morgan fingerprint density at radius 1 is 1.50 bits per heavy atom. The molecule has 6 heteroatoms. The van der Waals surface area contributed by atoms with E-state index in [-0.39, 0.29) is 18.1 Å². The number of aromatic nitrogens is 1. The summed E-state index contributed by atoms with van der Waals surface area (Å²) in [5.41, 5.74) is 5.98. The number of carbonyl (C=O) groups is 2. The van der Waals surface area contributed by atoms with E-state index in [1.807, 2.05) is 6.92 Å². The van der Waals surface area contributed by atoms with Crippen molar-refractivity contribution in [3.63, 3.8) is 0 Å². The van der Waals surface area contributed by atoms with Crippen LogP contribution in [-0.4, -0.2) is 35.9 Å². The molecule has 0 aliphatic rings. The van der Waals surface area contributed by atoms with Crippen molar-refractivity contribution in [3.05, 3.63) is 29.6 Å². The summed E-state index contributed by atoms with van der Waals surface area (Å²) in [5, 5.41) is 5.22. The van der Waals surface area contributed by atoms with Crippen molar-refractivity contribution in [2.45, 2.75) is 19.9 Å². The molecule has 0 fully saturated rings. The van der Waals surface area contributed by atoms with Gasteiger partial charge in [-0.25, -0.2) is 4.98 Å². The quantitative estimate of drug-likeness (QED) is 0.654. The van der Waals surface area contributed by atoms with Crippen molar-refractivity contribution < 1.29 is 9.59 Å². The number of pyridine rings is 1. The summed E-state index contributed by atoms with van der Waals surface area (Å²) in [6.45, 7) is 4.13. The first kappa shape index (κ1) is 15.7. The zero-order valence-corrected chi connectivity index (χ0v) is 11.6. The van der Waals surface area contributed by atoms with Crippen LogP contribution >= 0.6 is 0 Å². The van der Waals surface area contributed by atoms with Gasteiger partial charge in [0.1, 0.15) is 11.7 Å². The molecule has 1 aromatic rings. The summed E-state index contributed by atoms with van der Waals surface area (Å²) < 4.78 is 0. The number of nitrogens with zero attached hydrogens (tertiary/aromatic N) is 1. The molecule has 1 atom stereocenters. The molecule has 0 bridgehead atoms. The minimum Gasteiger partial charge on any atom is -0.355 e. The standard InChI is InChI=1S/C14H18N4O2/c1-3-16-13(19)10(2)18-14(20)12-11(6-4-8-15)7-5-9-17-12/h5,7,9-10H,3,8,15H2,1-2H3,(H,16,19)(H,18,20). The Balaban J connectivity index is 2.85. The van der Waals surface area contributed by atoms with E-state index in [9.17, 15) is 9.59 Å². The van der Waals surface area contributed by atoms with E-state index in [0.29, 0.717) is 12.1 Å². The molecule has 0 radical (unpaired) electrons. The molecule has 0 spiro atoms. The van der Waals surface area contributed by atoms with Gasteiger partial charge >= 0.3 is 0 Å². The second-order valence-corrected chi connectivity index (χ2v) is 4.00. The predicted molar refractivity (Wildman–Crippen MR) is 75.8 cm³/mol. The lowest BCUT2D eigenvalue weighted by atomic mass is 10.1. The summed E-state index contributed by atoms with van der Waals surface area (Å²) in [4.78, 5) is 27.7. The van der Waals surface area contributed by atoms with E-state index in [1.54, 1.807) is 19.1 Å². The Morgan fingerprint density at radius 3 is 2.90 bits per heavy atom. The molecular weight excluding hydrogens is 256 g/mol. The van der Waals surface area contributed by atoms with Crippen LogP contribution in [0.5, 0.6) is 0 Å². The third-order valence-corrected chi connectivity index (χ3v) is 2.44. The van der Waals surface area contributed by atoms with Crippen molar-refractivity contribution in [1.82, 2.24) is 15.6 Å². The number of likely N-dealkylation sites (N-methyl/N-ethyl adjacent to an activating group) is 1. The molecule has 0 saturated carbocycles. The highest BCUT2D eigenvalue weighted by molar-refractivity contribution is 5.97. The number of nitrogens with two attached hydrogens (primary N) is 1. The number of rotatable bonds is 4. The van der Waals surface area contributed by atoms with Crippen LogP contribution in [0.4, 0.5) is 0 Å². The van der Waals surface area contributed by atoms with Crippen molar-refractivity contribution in [3.8, 4) is 11.8 Å². The average Bonchev–Trinajstić information content (AvgIpc) is 2.45. The second kappa shape index (κ2) is 7.92. The van der Waals surface area contributed by atoms with E-state index < -0.39 is 11.9 Å². The van der Waals surface area contributed by atoms with Crippen molar-refractivity contribution in [2.75, 3.05) is 13.1 Å². The Labute approximate surface area is 118 Å². The molecule has 6 nitrogen and oxygen atoms in total. The van der Waals surface area contributed by atoms with Gasteiger partial charge in [-0.1, -0.05) is 11.8 Å². The fraction of sp³-hybridized carbons (Fsp3) is 0.357. The van der Waals surface area contributed by atoms with Crippen LogP contribution in [-0.2, 0) is 4.79 Å². The van der Waals surface area contributed by atoms with Gasteiger partial charge < -0.3 is 16.4 Å². The molecule has 0 saturated heterocycles. The number of hydrogen-bond donors (Lipinski definition) is 3. The second-order valence-electron chi connectivity index (χ2n) is 4.00. The van der Waals surface area contributed by atoms with Crippen molar-refractivity contribution in [1.29, 1.82) is 0 Å². The summed E-state index contributed by atoms with van der Waals surface area (Å²) in [6.07, 6.45) is 1.50. The fourth-order valence-electron chi connectivity index (χ4n) is 1.49. The minimum absolute atomic E-state index is 0.185. The van der Waals surface area contributed by atoms with Gasteiger partial charge in [-0.05, 0) is 26.0 Å². The Morgan fingerprint density at radius 2 is 2.25 bits per heavy atom. The summed E-state index contributed by atoms with van der Waals surface area (Å²) in [7, 11) is 0. The highest BCUT2D eigenvalue weighted by Crippen LogP contribution is 2.04. The lowest BCUT2D eigenvalue weighted by molar-refractivity contribution is -0.122. The molecule has 0 aliphatic heterocycles. The van der Waals surface area contributed by atoms with Gasteiger partial charge in [0, 0.05) is 12.7 Å². The van der Waals surface area contributed by atoms with E-state index in [4.69, 9.17) is 5.73 Å². The Bertz CT molecular complexity index is 546. The molecule has 0 aromatic carbocycles. The van der Waals surface area contributed by atoms with Crippen LogP contribution in [0.15, 0.2) is 18.3 Å². The average molecular weight is 274 g/mol. The smallest absolute Gasteiger partial charge is 0.271 e. The predicted octanol–water partition coefficient (Wildman–Crippen LogP) is -0.354. The van der Waals surface area contributed by atoms with Gasteiger partial charge in [0.05, 0.1) is 12.1 Å². The minimum atomic E-state index is -0.639. The van der Waals surface area contributed by atoms with Crippen LogP contribution in [0.1, 0.15) is 29.9 Å². The third kappa shape index (κ3) is 4.37. The van der Waals surface area contributed by atoms with Crippen LogP contribution < -0.4 is 16.4 Å². The molecule has 1 rings (SSSR count). The van der Waals surface area contributed by atoms with Gasteiger partial charge in [0.25, 0.3) is 5.91 Å². The molecule has 4 N–H and O–H groups in total. The molecule has 106 valence electrons. The highest BCUT2D eigenvalue weighted by atomic mass is 16.2. The van der Waals surface area contributed by atoms with Gasteiger partial charge in [-0.15, -0.1) is 0 Å². The number of nitrogens with one attached hydrogen (secondary N) is 2. The van der Waals surface area contributed by atoms with Crippen molar-refractivity contribution >= 4 is 11.8 Å². The van der Waals surface area contributed by atoms with E-state index in [0.717, 1.165) is 0 Å². The molecule has 1 heterocycles. The zero-order valence-electron chi connectivity index (χ0n) is 11.6. The van der Waals surface area contributed by atoms with Crippen LogP contribution in [0, 0.1) is 11.8 Å². The van der Waals surface area contributed by atoms with Gasteiger partial charge in [0.2, 0.25) is 5.91 Å². The summed E-state index contributed by atoms with van der Waals surface area (Å²) in [5.74, 6) is 4.77. The van der Waals surface area contributed by atoms with E-state index in [2.05, 4.69) is 27.5 Å². The van der Waals surface area contributed by atoms with E-state index >= 15 is 0 Å². The molecule has 1 unspecified atom stereocenters. The number of hydrogen-bond acceptors (Lipinski definition) is 4. The first-order valence-electron chi connectivity index (χ1n) is 6.32. The summed E-state index contributed by atoms with van der Waals surface area (Å²) >= 11 is 0. The summed E-state index contributed by atoms with van der Waals surface area (Å²) in [6, 6.07) is 2.73. The van der Waals surface area contributed by atoms with Crippen LogP contribution in [0.25, 0.3) is 0 Å². The lowest BCUT2D eigenvalue weighted by Gasteiger charge is -2.13. The maximum Gasteiger partial charge on any atom is 0.271 e. The first-order valence-corrected chi connectivity index (χ1v) is 6.32. The maximum atomic E-state index is 12.1. The maximum absolute atomic E-state index is 12.1. The number of amides is 2. The number of carbonyl (C=O) groups excluding carboxylic acids is 2. The highest BCUT2D eigenvalue weighted by Gasteiger charge is 2.18. The molecule has 1 aromatic heterocycles. The normalized spacial score (nSPS) is 10.9. The SMILES string of the molecule is CCNC(=O)C(C)NC(=O)c1ncccc1C#CCN. The Kier molecular flexibility index (Phi) is 6.20. The van der Waals surface area contributed by atoms with E-state index in [1.165, 1.54) is 6.20 Å². The monoisotopic (exact) mass is 274 g/mol. The van der Waals surface area contributed by atoms with Crippen LogP contribution in [0.2, 0.25) is 0 Å². The largest absolute Gasteiger partial charge is 0.355 e. The van der Waals surface area contributed by atoms with Crippen LogP contribution in [0.3, 0.4) is 0 Å². The lowest BCUT2D eigenvalue weighted by Crippen LogP contribution is -2.45. The Hall–Kier alpha value is -2.39. The zero-order chi connectivity index (χ0) is 15.0. The topological polar surface area (TPSA) is 97.1 Å². The van der Waals surface area contributed by atoms with Gasteiger partial charge in [-0.3, -0.25) is 9.59 Å². The molecular formula is C14H18N4O2. The molecule has 0 aliphatic carbocycles.